The zero-order valence-electron chi connectivity index (χ0n) is 12.0. The van der Waals surface area contributed by atoms with Gasteiger partial charge in [-0.2, -0.15) is 0 Å². The van der Waals surface area contributed by atoms with E-state index >= 15 is 0 Å². The fraction of sp³-hybridized carbons (Fsp3) is 0.400. The van der Waals surface area contributed by atoms with Crippen molar-refractivity contribution in [1.82, 2.24) is 15.0 Å². The van der Waals surface area contributed by atoms with Crippen molar-refractivity contribution in [3.8, 4) is 11.4 Å². The first kappa shape index (κ1) is 14.2. The highest BCUT2D eigenvalue weighted by Crippen LogP contribution is 2.27. The highest BCUT2D eigenvalue weighted by molar-refractivity contribution is 5.74. The maximum absolute atomic E-state index is 11.2. The first-order chi connectivity index (χ1) is 9.74. The summed E-state index contributed by atoms with van der Waals surface area (Å²) in [6, 6.07) is 7.56. The third-order valence-corrected chi connectivity index (χ3v) is 3.53. The number of aldehydes is 1. The van der Waals surface area contributed by atoms with Crippen molar-refractivity contribution in [1.29, 1.82) is 0 Å². The van der Waals surface area contributed by atoms with E-state index in [0.29, 0.717) is 5.69 Å². The molecule has 0 bridgehead atoms. The molecule has 0 atom stereocenters. The van der Waals surface area contributed by atoms with Gasteiger partial charge < -0.3 is 4.74 Å². The van der Waals surface area contributed by atoms with Gasteiger partial charge in [-0.25, -0.2) is 4.68 Å². The van der Waals surface area contributed by atoms with E-state index in [0.717, 1.165) is 36.3 Å². The number of carbonyl (C=O) groups is 1. The number of carbonyl (C=O) groups excluding carboxylic acids is 1. The molecule has 106 valence electrons. The molecule has 0 saturated heterocycles. The third-order valence-electron chi connectivity index (χ3n) is 3.53. The number of hydrogen-bond acceptors (Lipinski definition) is 4. The van der Waals surface area contributed by atoms with E-state index in [2.05, 4.69) is 24.2 Å². The lowest BCUT2D eigenvalue weighted by Gasteiger charge is -2.15. The summed E-state index contributed by atoms with van der Waals surface area (Å²) in [5.74, 6) is 1.06. The lowest BCUT2D eigenvalue weighted by molar-refractivity contribution is 0.111. The van der Waals surface area contributed by atoms with E-state index < -0.39 is 0 Å². The summed E-state index contributed by atoms with van der Waals surface area (Å²) >= 11 is 0. The van der Waals surface area contributed by atoms with Crippen molar-refractivity contribution < 1.29 is 9.53 Å². The number of methoxy groups -OCH3 is 1. The van der Waals surface area contributed by atoms with Gasteiger partial charge in [0.15, 0.2) is 6.29 Å². The molecule has 0 aliphatic carbocycles. The second-order valence-electron chi connectivity index (χ2n) is 4.60. The molecule has 0 aliphatic heterocycles. The fourth-order valence-corrected chi connectivity index (χ4v) is 2.36. The van der Waals surface area contributed by atoms with Gasteiger partial charge in [0.2, 0.25) is 0 Å². The van der Waals surface area contributed by atoms with Crippen LogP contribution in [0, 0.1) is 0 Å². The first-order valence-corrected chi connectivity index (χ1v) is 6.80. The largest absolute Gasteiger partial charge is 0.497 e. The number of hydrogen-bond donors (Lipinski definition) is 0. The predicted molar refractivity (Wildman–Crippen MR) is 76.6 cm³/mol. The quantitative estimate of drug-likeness (QED) is 0.759. The highest BCUT2D eigenvalue weighted by Gasteiger charge is 2.20. The van der Waals surface area contributed by atoms with Crippen LogP contribution in [-0.2, 0) is 0 Å². The normalized spacial score (nSPS) is 10.8. The molecule has 0 N–H and O–H groups in total. The fourth-order valence-electron chi connectivity index (χ4n) is 2.36. The topological polar surface area (TPSA) is 57.0 Å². The molecule has 5 heteroatoms. The lowest BCUT2D eigenvalue weighted by atomic mass is 9.97. The maximum Gasteiger partial charge on any atom is 0.172 e. The molecule has 0 spiro atoms. The SMILES string of the molecule is CCC(CC)c1c(C=O)nnn1-c1ccc(OC)cc1. The minimum absolute atomic E-state index is 0.271. The van der Waals surface area contributed by atoms with E-state index in [9.17, 15) is 4.79 Å². The predicted octanol–water partition coefficient (Wildman–Crippen LogP) is 2.99. The van der Waals surface area contributed by atoms with Crippen LogP contribution in [0.1, 0.15) is 48.8 Å². The first-order valence-electron chi connectivity index (χ1n) is 6.80. The van der Waals surface area contributed by atoms with Gasteiger partial charge in [-0.15, -0.1) is 5.10 Å². The Morgan fingerprint density at radius 1 is 1.25 bits per heavy atom. The standard InChI is InChI=1S/C15H19N3O2/c1-4-11(5-2)15-14(10-19)16-17-18(15)12-6-8-13(20-3)9-7-12/h6-11H,4-5H2,1-3H3. The second-order valence-corrected chi connectivity index (χ2v) is 4.60. The van der Waals surface area contributed by atoms with E-state index in [1.54, 1.807) is 11.8 Å². The molecular weight excluding hydrogens is 254 g/mol. The minimum Gasteiger partial charge on any atom is -0.497 e. The molecule has 0 aliphatic rings. The Morgan fingerprint density at radius 3 is 2.40 bits per heavy atom. The van der Waals surface area contributed by atoms with Gasteiger partial charge in [-0.05, 0) is 37.1 Å². The Bertz CT molecular complexity index is 571. The number of nitrogens with zero attached hydrogens (tertiary/aromatic N) is 3. The number of ether oxygens (including phenoxy) is 1. The van der Waals surface area contributed by atoms with Gasteiger partial charge >= 0.3 is 0 Å². The zero-order valence-corrected chi connectivity index (χ0v) is 12.0. The molecule has 2 rings (SSSR count). The molecule has 20 heavy (non-hydrogen) atoms. The molecule has 1 heterocycles. The Balaban J connectivity index is 2.49. The Kier molecular flexibility index (Phi) is 4.50. The molecule has 0 fully saturated rings. The van der Waals surface area contributed by atoms with Crippen LogP contribution < -0.4 is 4.74 Å². The van der Waals surface area contributed by atoms with Crippen molar-refractivity contribution in [2.75, 3.05) is 7.11 Å². The van der Waals surface area contributed by atoms with Crippen molar-refractivity contribution >= 4 is 6.29 Å². The molecule has 5 nitrogen and oxygen atoms in total. The maximum atomic E-state index is 11.2. The molecule has 0 amide bonds. The highest BCUT2D eigenvalue weighted by atomic mass is 16.5. The monoisotopic (exact) mass is 273 g/mol. The van der Waals surface area contributed by atoms with E-state index in [4.69, 9.17) is 4.74 Å². The van der Waals surface area contributed by atoms with Gasteiger partial charge in [-0.1, -0.05) is 19.1 Å². The Labute approximate surface area is 118 Å². The van der Waals surface area contributed by atoms with Crippen LogP contribution in [0.5, 0.6) is 5.75 Å². The van der Waals surface area contributed by atoms with Crippen LogP contribution in [0.15, 0.2) is 24.3 Å². The molecule has 0 radical (unpaired) electrons. The molecule has 1 aromatic heterocycles. The van der Waals surface area contributed by atoms with Gasteiger partial charge in [0.25, 0.3) is 0 Å². The van der Waals surface area contributed by atoms with Gasteiger partial charge in [-0.3, -0.25) is 4.79 Å². The molecule has 1 aromatic carbocycles. The number of aromatic nitrogens is 3. The van der Waals surface area contributed by atoms with E-state index in [1.165, 1.54) is 0 Å². The Hall–Kier alpha value is -2.17. The van der Waals surface area contributed by atoms with Crippen LogP contribution in [0.2, 0.25) is 0 Å². The van der Waals surface area contributed by atoms with Crippen LogP contribution in [0.3, 0.4) is 0 Å². The van der Waals surface area contributed by atoms with Gasteiger partial charge in [0.05, 0.1) is 18.5 Å². The third kappa shape index (κ3) is 2.57. The second kappa shape index (κ2) is 6.32. The van der Waals surface area contributed by atoms with Crippen LogP contribution >= 0.6 is 0 Å². The summed E-state index contributed by atoms with van der Waals surface area (Å²) in [7, 11) is 1.63. The van der Waals surface area contributed by atoms with E-state index in [1.807, 2.05) is 24.3 Å². The molecule has 2 aromatic rings. The van der Waals surface area contributed by atoms with Crippen molar-refractivity contribution in [2.24, 2.45) is 0 Å². The zero-order chi connectivity index (χ0) is 14.5. The molecule has 0 saturated carbocycles. The summed E-state index contributed by atoms with van der Waals surface area (Å²) < 4.78 is 6.90. The van der Waals surface area contributed by atoms with Crippen molar-refractivity contribution in [3.05, 3.63) is 35.7 Å². The smallest absolute Gasteiger partial charge is 0.172 e. The van der Waals surface area contributed by atoms with Gasteiger partial charge in [0.1, 0.15) is 11.4 Å². The molecule has 0 unspecified atom stereocenters. The summed E-state index contributed by atoms with van der Waals surface area (Å²) in [6.07, 6.45) is 2.67. The van der Waals surface area contributed by atoms with Crippen LogP contribution in [0.25, 0.3) is 5.69 Å². The number of rotatable bonds is 6. The van der Waals surface area contributed by atoms with Crippen molar-refractivity contribution in [2.45, 2.75) is 32.6 Å². The summed E-state index contributed by atoms with van der Waals surface area (Å²) in [6.45, 7) is 4.21. The minimum atomic E-state index is 0.271. The van der Waals surface area contributed by atoms with E-state index in [-0.39, 0.29) is 5.92 Å². The molecular formula is C15H19N3O2. The Morgan fingerprint density at radius 2 is 1.90 bits per heavy atom. The van der Waals surface area contributed by atoms with Crippen LogP contribution in [-0.4, -0.2) is 28.4 Å². The average Bonchev–Trinajstić information content (AvgIpc) is 2.92. The summed E-state index contributed by atoms with van der Waals surface area (Å²) in [4.78, 5) is 11.2. The van der Waals surface area contributed by atoms with Crippen LogP contribution in [0.4, 0.5) is 0 Å². The summed E-state index contributed by atoms with van der Waals surface area (Å²) in [5.41, 5.74) is 2.19. The van der Waals surface area contributed by atoms with Gasteiger partial charge in [0, 0.05) is 5.92 Å². The lowest BCUT2D eigenvalue weighted by Crippen LogP contribution is -2.08. The number of benzene rings is 1. The average molecular weight is 273 g/mol. The van der Waals surface area contributed by atoms with Crippen molar-refractivity contribution in [3.63, 3.8) is 0 Å². The summed E-state index contributed by atoms with van der Waals surface area (Å²) in [5, 5.41) is 8.11.